The minimum Gasteiger partial charge on any atom is -0.475 e. The molecule has 3 heterocycles. The van der Waals surface area contributed by atoms with Gasteiger partial charge in [-0.05, 0) is 44.0 Å². The third kappa shape index (κ3) is 6.43. The van der Waals surface area contributed by atoms with Crippen molar-refractivity contribution < 1.29 is 27.5 Å². The summed E-state index contributed by atoms with van der Waals surface area (Å²) in [5, 5.41) is 11.9. The normalized spacial score (nSPS) is 12.4. The molecule has 0 amide bonds. The average molecular weight is 444 g/mol. The van der Waals surface area contributed by atoms with Gasteiger partial charge in [0, 0.05) is 31.1 Å². The summed E-state index contributed by atoms with van der Waals surface area (Å²) in [7, 11) is 0. The van der Waals surface area contributed by atoms with Crippen LogP contribution in [0.4, 0.5) is 13.2 Å². The van der Waals surface area contributed by atoms with E-state index in [-0.39, 0.29) is 6.04 Å². The zero-order valence-electron chi connectivity index (χ0n) is 16.5. The summed E-state index contributed by atoms with van der Waals surface area (Å²) >= 11 is 6.09. The van der Waals surface area contributed by atoms with Crippen LogP contribution in [0.3, 0.4) is 0 Å². The van der Waals surface area contributed by atoms with Crippen molar-refractivity contribution >= 4 is 28.5 Å². The maximum absolute atomic E-state index is 10.6. The summed E-state index contributed by atoms with van der Waals surface area (Å²) in [6.45, 7) is 7.08. The van der Waals surface area contributed by atoms with Crippen LogP contribution in [-0.4, -0.2) is 33.8 Å². The molecule has 0 radical (unpaired) electrons. The highest BCUT2D eigenvalue weighted by molar-refractivity contribution is 6.34. The van der Waals surface area contributed by atoms with Gasteiger partial charge in [-0.3, -0.25) is 4.98 Å². The summed E-state index contributed by atoms with van der Waals surface area (Å²) in [6, 6.07) is 6.05. The molecule has 0 fully saturated rings. The number of aryl methyl sites for hydroxylation is 2. The third-order valence-corrected chi connectivity index (χ3v) is 4.52. The van der Waals surface area contributed by atoms with Crippen LogP contribution < -0.4 is 5.32 Å². The van der Waals surface area contributed by atoms with Gasteiger partial charge < -0.3 is 14.8 Å². The SMILES string of the molecule is Cc1cnc(CCNC(C)c2cc3c(Cl)nccc3o2)c(C)c1.O=C(O)C(F)(F)F. The van der Waals surface area contributed by atoms with Crippen molar-refractivity contribution in [2.75, 3.05) is 6.54 Å². The van der Waals surface area contributed by atoms with Crippen LogP contribution in [0.1, 0.15) is 35.5 Å². The lowest BCUT2D eigenvalue weighted by Crippen LogP contribution is -2.21. The lowest BCUT2D eigenvalue weighted by molar-refractivity contribution is -0.192. The predicted molar refractivity (Wildman–Crippen MR) is 107 cm³/mol. The summed E-state index contributed by atoms with van der Waals surface area (Å²) in [4.78, 5) is 17.5. The quantitative estimate of drug-likeness (QED) is 0.538. The second-order valence-electron chi connectivity index (χ2n) is 6.67. The number of aliphatic carboxylic acids is 1. The van der Waals surface area contributed by atoms with Gasteiger partial charge >= 0.3 is 12.1 Å². The van der Waals surface area contributed by atoms with E-state index in [1.54, 1.807) is 6.20 Å². The lowest BCUT2D eigenvalue weighted by atomic mass is 10.1. The highest BCUT2D eigenvalue weighted by Gasteiger charge is 2.38. The molecule has 0 aliphatic carbocycles. The van der Waals surface area contributed by atoms with Crippen molar-refractivity contribution in [1.29, 1.82) is 0 Å². The van der Waals surface area contributed by atoms with Gasteiger partial charge in [0.2, 0.25) is 0 Å². The molecular formula is C20H21ClF3N3O3. The van der Waals surface area contributed by atoms with E-state index in [4.69, 9.17) is 25.9 Å². The molecule has 162 valence electrons. The van der Waals surface area contributed by atoms with Gasteiger partial charge in [0.05, 0.1) is 11.4 Å². The Morgan fingerprint density at radius 1 is 1.30 bits per heavy atom. The van der Waals surface area contributed by atoms with Crippen LogP contribution in [0.5, 0.6) is 0 Å². The zero-order chi connectivity index (χ0) is 22.5. The second-order valence-corrected chi connectivity index (χ2v) is 7.03. The van der Waals surface area contributed by atoms with E-state index in [0.717, 1.165) is 35.4 Å². The first-order valence-electron chi connectivity index (χ1n) is 8.98. The van der Waals surface area contributed by atoms with Crippen molar-refractivity contribution in [2.45, 2.75) is 39.4 Å². The van der Waals surface area contributed by atoms with Crippen LogP contribution in [0.15, 0.2) is 35.0 Å². The molecule has 0 spiro atoms. The van der Waals surface area contributed by atoms with E-state index < -0.39 is 12.1 Å². The molecule has 2 N–H and O–H groups in total. The van der Waals surface area contributed by atoms with Crippen molar-refractivity contribution in [2.24, 2.45) is 0 Å². The number of aromatic nitrogens is 2. The molecule has 1 unspecified atom stereocenters. The van der Waals surface area contributed by atoms with Gasteiger partial charge in [-0.1, -0.05) is 17.7 Å². The number of alkyl halides is 3. The molecule has 0 aliphatic rings. The summed E-state index contributed by atoms with van der Waals surface area (Å²) in [6.07, 6.45) is -0.624. The number of hydrogen-bond donors (Lipinski definition) is 2. The molecular weight excluding hydrogens is 423 g/mol. The first-order valence-corrected chi connectivity index (χ1v) is 9.36. The Labute approximate surface area is 176 Å². The number of furan rings is 1. The standard InChI is InChI=1S/C18H20ClN3O.C2HF3O2/c1-11-8-12(2)15(22-10-11)4-6-20-13(3)17-9-14-16(23-17)5-7-21-18(14)19;3-2(4,5)1(6)7/h5,7-10,13,20H,4,6H2,1-3H3;(H,6,7). The number of carboxylic acids is 1. The largest absolute Gasteiger partial charge is 0.490 e. The Kier molecular flexibility index (Phi) is 7.80. The highest BCUT2D eigenvalue weighted by Crippen LogP contribution is 2.27. The summed E-state index contributed by atoms with van der Waals surface area (Å²) in [5.41, 5.74) is 4.33. The zero-order valence-corrected chi connectivity index (χ0v) is 17.3. The minimum atomic E-state index is -5.08. The van der Waals surface area contributed by atoms with Gasteiger partial charge in [0.25, 0.3) is 0 Å². The van der Waals surface area contributed by atoms with E-state index in [1.807, 2.05) is 18.3 Å². The topological polar surface area (TPSA) is 88.3 Å². The van der Waals surface area contributed by atoms with E-state index in [2.05, 4.69) is 42.1 Å². The Morgan fingerprint density at radius 3 is 2.53 bits per heavy atom. The lowest BCUT2D eigenvalue weighted by Gasteiger charge is -2.12. The molecule has 1 atom stereocenters. The number of carboxylic acid groups (broad SMARTS) is 1. The third-order valence-electron chi connectivity index (χ3n) is 4.22. The van der Waals surface area contributed by atoms with Crippen LogP contribution in [0.2, 0.25) is 5.15 Å². The van der Waals surface area contributed by atoms with Gasteiger partial charge in [-0.2, -0.15) is 13.2 Å². The highest BCUT2D eigenvalue weighted by atomic mass is 35.5. The Hall–Kier alpha value is -2.65. The fraction of sp³-hybridized carbons (Fsp3) is 0.350. The van der Waals surface area contributed by atoms with Crippen LogP contribution >= 0.6 is 11.6 Å². The van der Waals surface area contributed by atoms with Gasteiger partial charge in [0.1, 0.15) is 16.5 Å². The van der Waals surface area contributed by atoms with Gasteiger partial charge in [-0.25, -0.2) is 9.78 Å². The first kappa shape index (κ1) is 23.6. The van der Waals surface area contributed by atoms with Crippen molar-refractivity contribution in [3.05, 3.63) is 58.3 Å². The van der Waals surface area contributed by atoms with Crippen LogP contribution in [0, 0.1) is 13.8 Å². The summed E-state index contributed by atoms with van der Waals surface area (Å²) < 4.78 is 37.6. The molecule has 3 rings (SSSR count). The molecule has 0 saturated heterocycles. The Bertz CT molecular complexity index is 1020. The number of halogens is 4. The molecule has 0 aliphatic heterocycles. The summed E-state index contributed by atoms with van der Waals surface area (Å²) in [5.74, 6) is -1.89. The number of pyridine rings is 2. The van der Waals surface area contributed by atoms with E-state index in [1.165, 1.54) is 11.1 Å². The van der Waals surface area contributed by atoms with E-state index in [9.17, 15) is 13.2 Å². The number of nitrogens with zero attached hydrogens (tertiary/aromatic N) is 2. The Balaban J connectivity index is 0.000000396. The number of fused-ring (bicyclic) bond motifs is 1. The first-order chi connectivity index (χ1) is 14.0. The van der Waals surface area contributed by atoms with Gasteiger partial charge in [0.15, 0.2) is 0 Å². The molecule has 0 saturated carbocycles. The molecule has 3 aromatic heterocycles. The molecule has 10 heteroatoms. The van der Waals surface area contributed by atoms with Crippen molar-refractivity contribution in [1.82, 2.24) is 15.3 Å². The van der Waals surface area contributed by atoms with Gasteiger partial charge in [-0.15, -0.1) is 0 Å². The van der Waals surface area contributed by atoms with Crippen LogP contribution in [-0.2, 0) is 11.2 Å². The van der Waals surface area contributed by atoms with Crippen molar-refractivity contribution in [3.8, 4) is 0 Å². The molecule has 3 aromatic rings. The molecule has 6 nitrogen and oxygen atoms in total. The molecule has 30 heavy (non-hydrogen) atoms. The number of hydrogen-bond acceptors (Lipinski definition) is 5. The van der Waals surface area contributed by atoms with E-state index >= 15 is 0 Å². The Morgan fingerprint density at radius 2 is 1.97 bits per heavy atom. The average Bonchev–Trinajstić information content (AvgIpc) is 3.09. The number of rotatable bonds is 5. The van der Waals surface area contributed by atoms with E-state index in [0.29, 0.717) is 5.15 Å². The number of carbonyl (C=O) groups is 1. The predicted octanol–water partition coefficient (Wildman–Crippen LogP) is 5.02. The molecule has 0 aromatic carbocycles. The molecule has 0 bridgehead atoms. The minimum absolute atomic E-state index is 0.101. The maximum atomic E-state index is 10.6. The fourth-order valence-electron chi connectivity index (χ4n) is 2.68. The fourth-order valence-corrected chi connectivity index (χ4v) is 2.88. The number of nitrogens with one attached hydrogen (secondary N) is 1. The monoisotopic (exact) mass is 443 g/mol. The van der Waals surface area contributed by atoms with Crippen LogP contribution in [0.25, 0.3) is 11.0 Å². The van der Waals surface area contributed by atoms with Crippen molar-refractivity contribution in [3.63, 3.8) is 0 Å². The smallest absolute Gasteiger partial charge is 0.475 e. The second kappa shape index (κ2) is 9.90. The maximum Gasteiger partial charge on any atom is 0.490 e.